The first-order valence-electron chi connectivity index (χ1n) is 12.3. The molecule has 6 nitrogen and oxygen atoms in total. The van der Waals surface area contributed by atoms with Gasteiger partial charge in [0.15, 0.2) is 0 Å². The second-order valence-electron chi connectivity index (χ2n) is 9.27. The zero-order valence-electron chi connectivity index (χ0n) is 19.7. The second-order valence-corrected chi connectivity index (χ2v) is 10.8. The SMILES string of the molecule is CCCCCCCCCCCCCCCC[N+](C)(CCO)CC(O)CCS(=O)(=O)[O-]. The summed E-state index contributed by atoms with van der Waals surface area (Å²) in [6.45, 7) is 4.03. The van der Waals surface area contributed by atoms with Crippen molar-refractivity contribution in [3.8, 4) is 0 Å². The van der Waals surface area contributed by atoms with Crippen LogP contribution in [0.5, 0.6) is 0 Å². The highest BCUT2D eigenvalue weighted by atomic mass is 32.2. The van der Waals surface area contributed by atoms with Crippen LogP contribution in [0.25, 0.3) is 0 Å². The van der Waals surface area contributed by atoms with E-state index < -0.39 is 22.0 Å². The number of hydrogen-bond donors (Lipinski definition) is 2. The van der Waals surface area contributed by atoms with Crippen LogP contribution in [-0.2, 0) is 10.1 Å². The first-order valence-corrected chi connectivity index (χ1v) is 13.9. The van der Waals surface area contributed by atoms with Crippen molar-refractivity contribution in [1.29, 1.82) is 0 Å². The Hall–Kier alpha value is -0.210. The van der Waals surface area contributed by atoms with Crippen molar-refractivity contribution in [2.24, 2.45) is 0 Å². The highest BCUT2D eigenvalue weighted by Gasteiger charge is 2.25. The molecule has 30 heavy (non-hydrogen) atoms. The van der Waals surface area contributed by atoms with Gasteiger partial charge in [0.2, 0.25) is 0 Å². The Morgan fingerprint density at radius 1 is 0.800 bits per heavy atom. The van der Waals surface area contributed by atoms with Crippen molar-refractivity contribution in [3.63, 3.8) is 0 Å². The lowest BCUT2D eigenvalue weighted by Gasteiger charge is -2.36. The van der Waals surface area contributed by atoms with Crippen LogP contribution in [0.4, 0.5) is 0 Å². The fourth-order valence-electron chi connectivity index (χ4n) is 4.10. The fourth-order valence-corrected chi connectivity index (χ4v) is 4.67. The molecule has 0 aliphatic carbocycles. The molecule has 2 atom stereocenters. The molecule has 0 heterocycles. The van der Waals surface area contributed by atoms with E-state index in [9.17, 15) is 23.2 Å². The summed E-state index contributed by atoms with van der Waals surface area (Å²) in [5, 5.41) is 19.4. The van der Waals surface area contributed by atoms with Gasteiger partial charge in [0.1, 0.15) is 19.2 Å². The Kier molecular flexibility index (Phi) is 18.2. The summed E-state index contributed by atoms with van der Waals surface area (Å²) >= 11 is 0. The number of rotatable bonds is 22. The maximum Gasteiger partial charge on any atom is 0.105 e. The molecule has 182 valence electrons. The molecule has 0 fully saturated rings. The standard InChI is InChI=1S/C23H49NO5S/c1-3-4-5-6-7-8-9-10-11-12-13-14-15-16-18-24(2,19-20-25)22-23(26)17-21-30(27,28)29/h23,25-26H,3-22H2,1-2H3. The van der Waals surface area contributed by atoms with Crippen LogP contribution in [0, 0.1) is 0 Å². The van der Waals surface area contributed by atoms with Crippen molar-refractivity contribution in [1.82, 2.24) is 0 Å². The molecule has 2 N–H and O–H groups in total. The molecular formula is C23H49NO5S. The molecule has 0 aromatic heterocycles. The summed E-state index contributed by atoms with van der Waals surface area (Å²) in [5.74, 6) is -0.536. The summed E-state index contributed by atoms with van der Waals surface area (Å²) in [6, 6.07) is 0. The number of hydrogen-bond acceptors (Lipinski definition) is 5. The van der Waals surface area contributed by atoms with Gasteiger partial charge in [-0.1, -0.05) is 84.0 Å². The Morgan fingerprint density at radius 2 is 1.23 bits per heavy atom. The van der Waals surface area contributed by atoms with E-state index in [-0.39, 0.29) is 13.0 Å². The Bertz CT molecular complexity index is 486. The monoisotopic (exact) mass is 451 g/mol. The first kappa shape index (κ1) is 29.8. The Morgan fingerprint density at radius 3 is 1.63 bits per heavy atom. The van der Waals surface area contributed by atoms with E-state index in [0.717, 1.165) is 19.4 Å². The number of likely N-dealkylation sites (N-methyl/N-ethyl adjacent to an activating group) is 1. The van der Waals surface area contributed by atoms with Crippen LogP contribution in [0.3, 0.4) is 0 Å². The summed E-state index contributed by atoms with van der Waals surface area (Å²) < 4.78 is 32.7. The van der Waals surface area contributed by atoms with Gasteiger partial charge in [-0.05, 0) is 19.3 Å². The molecule has 0 aliphatic heterocycles. The average Bonchev–Trinajstić information content (AvgIpc) is 2.66. The zero-order valence-corrected chi connectivity index (χ0v) is 20.5. The normalized spacial score (nSPS) is 15.2. The Labute approximate surface area is 186 Å². The van der Waals surface area contributed by atoms with Crippen molar-refractivity contribution in [2.45, 2.75) is 109 Å². The molecule has 0 amide bonds. The molecule has 7 heteroatoms. The number of nitrogens with zero attached hydrogens (tertiary/aromatic N) is 1. The van der Waals surface area contributed by atoms with Gasteiger partial charge in [0.05, 0.1) is 30.3 Å². The van der Waals surface area contributed by atoms with Crippen molar-refractivity contribution < 1.29 is 27.7 Å². The molecule has 0 bridgehead atoms. The van der Waals surface area contributed by atoms with Crippen molar-refractivity contribution in [2.75, 3.05) is 39.0 Å². The van der Waals surface area contributed by atoms with Gasteiger partial charge in [-0.2, -0.15) is 0 Å². The maximum absolute atomic E-state index is 10.7. The highest BCUT2D eigenvalue weighted by molar-refractivity contribution is 7.85. The second kappa shape index (κ2) is 18.4. The quantitative estimate of drug-likeness (QED) is 0.146. The molecule has 0 aromatic rings. The van der Waals surface area contributed by atoms with E-state index in [1.807, 2.05) is 7.05 Å². The lowest BCUT2D eigenvalue weighted by Crippen LogP contribution is -2.51. The van der Waals surface area contributed by atoms with E-state index in [1.54, 1.807) is 0 Å². The van der Waals surface area contributed by atoms with E-state index in [0.29, 0.717) is 17.6 Å². The lowest BCUT2D eigenvalue weighted by atomic mass is 10.0. The van der Waals surface area contributed by atoms with Gasteiger partial charge in [-0.25, -0.2) is 8.42 Å². The van der Waals surface area contributed by atoms with Gasteiger partial charge in [0, 0.05) is 5.75 Å². The van der Waals surface area contributed by atoms with Crippen LogP contribution < -0.4 is 0 Å². The van der Waals surface area contributed by atoms with Crippen LogP contribution in [0.1, 0.15) is 103 Å². The molecule has 0 radical (unpaired) electrons. The maximum atomic E-state index is 10.7. The molecule has 0 rings (SSSR count). The predicted octanol–water partition coefficient (Wildman–Crippen LogP) is 4.20. The summed E-state index contributed by atoms with van der Waals surface area (Å²) in [4.78, 5) is 0. The zero-order chi connectivity index (χ0) is 22.7. The smallest absolute Gasteiger partial charge is 0.105 e. The van der Waals surface area contributed by atoms with Crippen molar-refractivity contribution >= 4 is 10.1 Å². The number of unbranched alkanes of at least 4 members (excludes halogenated alkanes) is 13. The van der Waals surface area contributed by atoms with Gasteiger partial charge >= 0.3 is 0 Å². The van der Waals surface area contributed by atoms with E-state index in [1.165, 1.54) is 77.0 Å². The summed E-state index contributed by atoms with van der Waals surface area (Å²) in [6.07, 6.45) is 17.4. The van der Waals surface area contributed by atoms with Gasteiger partial charge in [-0.15, -0.1) is 0 Å². The minimum Gasteiger partial charge on any atom is -0.748 e. The average molecular weight is 452 g/mol. The predicted molar refractivity (Wildman–Crippen MR) is 123 cm³/mol. The third-order valence-electron chi connectivity index (χ3n) is 6.04. The van der Waals surface area contributed by atoms with E-state index >= 15 is 0 Å². The largest absolute Gasteiger partial charge is 0.748 e. The fraction of sp³-hybridized carbons (Fsp3) is 1.00. The van der Waals surface area contributed by atoms with E-state index in [4.69, 9.17) is 0 Å². The lowest BCUT2D eigenvalue weighted by molar-refractivity contribution is -0.913. The summed E-state index contributed by atoms with van der Waals surface area (Å²) in [5.41, 5.74) is 0. The van der Waals surface area contributed by atoms with Gasteiger partial charge in [-0.3, -0.25) is 0 Å². The van der Waals surface area contributed by atoms with E-state index in [2.05, 4.69) is 6.92 Å². The number of aliphatic hydroxyl groups excluding tert-OH is 2. The van der Waals surface area contributed by atoms with Crippen LogP contribution in [0.2, 0.25) is 0 Å². The topological polar surface area (TPSA) is 97.7 Å². The minimum atomic E-state index is -4.30. The Balaban J connectivity index is 3.75. The van der Waals surface area contributed by atoms with Crippen LogP contribution in [-0.4, -0.2) is 72.8 Å². The molecule has 2 unspecified atom stereocenters. The third-order valence-corrected chi connectivity index (χ3v) is 6.78. The van der Waals surface area contributed by atoms with Gasteiger partial charge in [0.25, 0.3) is 0 Å². The van der Waals surface area contributed by atoms with Crippen LogP contribution in [0.15, 0.2) is 0 Å². The molecule has 0 aromatic carbocycles. The minimum absolute atomic E-state index is 0.0294. The molecular weight excluding hydrogens is 402 g/mol. The first-order chi connectivity index (χ1) is 14.2. The molecule has 0 spiro atoms. The highest BCUT2D eigenvalue weighted by Crippen LogP contribution is 2.15. The number of quaternary nitrogens is 1. The molecule has 0 aliphatic rings. The molecule has 0 saturated carbocycles. The molecule has 0 saturated heterocycles. The van der Waals surface area contributed by atoms with Crippen molar-refractivity contribution in [3.05, 3.63) is 0 Å². The summed E-state index contributed by atoms with van der Waals surface area (Å²) in [7, 11) is -2.32. The van der Waals surface area contributed by atoms with Crippen LogP contribution >= 0.6 is 0 Å². The van der Waals surface area contributed by atoms with Gasteiger partial charge < -0.3 is 19.2 Å². The number of aliphatic hydroxyl groups is 2. The third kappa shape index (κ3) is 19.7.